The lowest BCUT2D eigenvalue weighted by Crippen LogP contribution is -2.56. The second kappa shape index (κ2) is 6.41. The van der Waals surface area contributed by atoms with Crippen LogP contribution >= 0.6 is 0 Å². The van der Waals surface area contributed by atoms with Crippen molar-refractivity contribution in [2.24, 2.45) is 5.73 Å². The fraction of sp³-hybridized carbons (Fsp3) is 1.00. The highest BCUT2D eigenvalue weighted by Gasteiger charge is 2.33. The zero-order valence-electron chi connectivity index (χ0n) is 10.6. The lowest BCUT2D eigenvalue weighted by Gasteiger charge is -2.45. The van der Waals surface area contributed by atoms with Crippen LogP contribution in [0, 0.1) is 0 Å². The van der Waals surface area contributed by atoms with Crippen LogP contribution in [0.15, 0.2) is 0 Å². The molecule has 0 saturated heterocycles. The van der Waals surface area contributed by atoms with Gasteiger partial charge in [0.15, 0.2) is 0 Å². The van der Waals surface area contributed by atoms with Gasteiger partial charge in [-0.15, -0.1) is 0 Å². The molecule has 2 heteroatoms. The molecule has 0 aromatic rings. The van der Waals surface area contributed by atoms with E-state index in [0.29, 0.717) is 6.04 Å². The normalized spacial score (nSPS) is 16.3. The molecule has 0 spiro atoms. The number of likely N-dealkylation sites (N-methyl/N-ethyl adjacent to an activating group) is 1. The van der Waals surface area contributed by atoms with Crippen LogP contribution in [0.25, 0.3) is 0 Å². The molecule has 0 aliphatic heterocycles. The van der Waals surface area contributed by atoms with Crippen LogP contribution in [0.3, 0.4) is 0 Å². The van der Waals surface area contributed by atoms with Gasteiger partial charge in [0.1, 0.15) is 0 Å². The molecule has 0 heterocycles. The summed E-state index contributed by atoms with van der Waals surface area (Å²) in [6, 6.07) is 0.593. The quantitative estimate of drug-likeness (QED) is 0.684. The Balaban J connectivity index is 4.72. The first-order valence-corrected chi connectivity index (χ1v) is 6.04. The van der Waals surface area contributed by atoms with E-state index in [0.717, 1.165) is 19.5 Å². The molecule has 2 nitrogen and oxygen atoms in total. The molecular formula is C12H28N2. The van der Waals surface area contributed by atoms with Crippen LogP contribution in [0.2, 0.25) is 0 Å². The van der Waals surface area contributed by atoms with Gasteiger partial charge in [0.05, 0.1) is 0 Å². The van der Waals surface area contributed by atoms with Gasteiger partial charge < -0.3 is 5.73 Å². The molecular weight excluding hydrogens is 172 g/mol. The number of hydrogen-bond donors (Lipinski definition) is 1. The Morgan fingerprint density at radius 1 is 1.21 bits per heavy atom. The lowest BCUT2D eigenvalue weighted by molar-refractivity contribution is 0.0550. The van der Waals surface area contributed by atoms with Crippen LogP contribution in [0.4, 0.5) is 0 Å². The molecule has 86 valence electrons. The third kappa shape index (κ3) is 2.96. The second-order valence-corrected chi connectivity index (χ2v) is 4.41. The maximum Gasteiger partial charge on any atom is 0.0331 e. The number of rotatable bonds is 7. The van der Waals surface area contributed by atoms with E-state index in [4.69, 9.17) is 5.73 Å². The van der Waals surface area contributed by atoms with E-state index in [1.807, 2.05) is 0 Å². The Labute approximate surface area is 89.9 Å². The minimum absolute atomic E-state index is 0.234. The predicted molar refractivity (Wildman–Crippen MR) is 64.5 cm³/mol. The molecule has 0 aromatic heterocycles. The minimum atomic E-state index is 0.234. The maximum atomic E-state index is 5.98. The van der Waals surface area contributed by atoms with Crippen LogP contribution < -0.4 is 5.73 Å². The monoisotopic (exact) mass is 200 g/mol. The van der Waals surface area contributed by atoms with Crippen molar-refractivity contribution in [2.45, 2.75) is 65.5 Å². The van der Waals surface area contributed by atoms with Gasteiger partial charge >= 0.3 is 0 Å². The summed E-state index contributed by atoms with van der Waals surface area (Å²) in [7, 11) is 0. The second-order valence-electron chi connectivity index (χ2n) is 4.41. The summed E-state index contributed by atoms with van der Waals surface area (Å²) < 4.78 is 0. The Hall–Kier alpha value is -0.0800. The third-order valence-corrected chi connectivity index (χ3v) is 3.33. The summed E-state index contributed by atoms with van der Waals surface area (Å²) in [4.78, 5) is 2.55. The van der Waals surface area contributed by atoms with Gasteiger partial charge in [-0.1, -0.05) is 27.2 Å². The molecule has 1 atom stereocenters. The highest BCUT2D eigenvalue weighted by Crippen LogP contribution is 2.26. The molecule has 0 saturated carbocycles. The van der Waals surface area contributed by atoms with E-state index in [-0.39, 0.29) is 5.54 Å². The molecule has 0 amide bonds. The maximum absolute atomic E-state index is 5.98. The van der Waals surface area contributed by atoms with E-state index in [1.165, 1.54) is 12.8 Å². The molecule has 0 aromatic carbocycles. The molecule has 0 rings (SSSR count). The van der Waals surface area contributed by atoms with Gasteiger partial charge in [-0.05, 0) is 33.2 Å². The number of hydrogen-bond acceptors (Lipinski definition) is 2. The van der Waals surface area contributed by atoms with Gasteiger partial charge in [-0.3, -0.25) is 4.90 Å². The van der Waals surface area contributed by atoms with Gasteiger partial charge in [-0.25, -0.2) is 0 Å². The topological polar surface area (TPSA) is 29.3 Å². The van der Waals surface area contributed by atoms with Crippen molar-refractivity contribution in [1.29, 1.82) is 0 Å². The van der Waals surface area contributed by atoms with E-state index in [2.05, 4.69) is 39.5 Å². The van der Waals surface area contributed by atoms with Crippen molar-refractivity contribution in [3.05, 3.63) is 0 Å². The molecule has 0 radical (unpaired) electrons. The van der Waals surface area contributed by atoms with E-state index in [9.17, 15) is 0 Å². The summed E-state index contributed by atoms with van der Waals surface area (Å²) >= 11 is 0. The molecule has 1 unspecified atom stereocenters. The van der Waals surface area contributed by atoms with Gasteiger partial charge in [0.25, 0.3) is 0 Å². The Kier molecular flexibility index (Phi) is 6.38. The average Bonchev–Trinajstić information content (AvgIpc) is 2.17. The molecule has 0 fully saturated rings. The average molecular weight is 200 g/mol. The molecule has 0 aliphatic carbocycles. The molecule has 0 bridgehead atoms. The minimum Gasteiger partial charge on any atom is -0.329 e. The van der Waals surface area contributed by atoms with Crippen molar-refractivity contribution >= 4 is 0 Å². The summed E-state index contributed by atoms with van der Waals surface area (Å²) in [5, 5.41) is 0. The van der Waals surface area contributed by atoms with Crippen molar-refractivity contribution in [3.63, 3.8) is 0 Å². The third-order valence-electron chi connectivity index (χ3n) is 3.33. The number of nitrogens with two attached hydrogens (primary N) is 1. The molecule has 0 aliphatic rings. The summed E-state index contributed by atoms with van der Waals surface area (Å²) in [5.41, 5.74) is 6.21. The van der Waals surface area contributed by atoms with Crippen molar-refractivity contribution < 1.29 is 0 Å². The fourth-order valence-corrected chi connectivity index (χ4v) is 2.60. The lowest BCUT2D eigenvalue weighted by atomic mass is 9.87. The van der Waals surface area contributed by atoms with Crippen LogP contribution in [0.1, 0.15) is 53.9 Å². The summed E-state index contributed by atoms with van der Waals surface area (Å²) in [6.07, 6.45) is 3.59. The highest BCUT2D eigenvalue weighted by atomic mass is 15.2. The van der Waals surface area contributed by atoms with Crippen LogP contribution in [0.5, 0.6) is 0 Å². The largest absolute Gasteiger partial charge is 0.329 e. The van der Waals surface area contributed by atoms with Crippen molar-refractivity contribution in [1.82, 2.24) is 4.90 Å². The van der Waals surface area contributed by atoms with Gasteiger partial charge in [-0.2, -0.15) is 0 Å². The standard InChI is InChI=1S/C12H28N2/c1-6-9-12(7-2,10-13)14(8-3)11(4)5/h11H,6-10,13H2,1-5H3. The molecule has 14 heavy (non-hydrogen) atoms. The number of nitrogens with zero attached hydrogens (tertiary/aromatic N) is 1. The first kappa shape index (κ1) is 13.9. The van der Waals surface area contributed by atoms with Gasteiger partial charge in [0.2, 0.25) is 0 Å². The van der Waals surface area contributed by atoms with Crippen LogP contribution in [-0.2, 0) is 0 Å². The first-order chi connectivity index (χ1) is 6.57. The van der Waals surface area contributed by atoms with E-state index < -0.39 is 0 Å². The van der Waals surface area contributed by atoms with Crippen molar-refractivity contribution in [3.8, 4) is 0 Å². The molecule has 2 N–H and O–H groups in total. The predicted octanol–water partition coefficient (Wildman–Crippen LogP) is 2.62. The smallest absolute Gasteiger partial charge is 0.0331 e. The Morgan fingerprint density at radius 2 is 1.79 bits per heavy atom. The highest BCUT2D eigenvalue weighted by molar-refractivity contribution is 4.91. The van der Waals surface area contributed by atoms with E-state index in [1.54, 1.807) is 0 Å². The zero-order chi connectivity index (χ0) is 11.2. The Morgan fingerprint density at radius 3 is 2.00 bits per heavy atom. The summed E-state index contributed by atoms with van der Waals surface area (Å²) in [6.45, 7) is 13.1. The van der Waals surface area contributed by atoms with E-state index >= 15 is 0 Å². The summed E-state index contributed by atoms with van der Waals surface area (Å²) in [5.74, 6) is 0. The first-order valence-electron chi connectivity index (χ1n) is 6.04. The SMILES string of the molecule is CCCC(CC)(CN)N(CC)C(C)C. The van der Waals surface area contributed by atoms with Crippen molar-refractivity contribution in [2.75, 3.05) is 13.1 Å². The Bertz CT molecular complexity index is 139. The van der Waals surface area contributed by atoms with Gasteiger partial charge in [0, 0.05) is 18.1 Å². The fourth-order valence-electron chi connectivity index (χ4n) is 2.60. The van der Waals surface area contributed by atoms with Crippen LogP contribution in [-0.4, -0.2) is 29.6 Å². The zero-order valence-corrected chi connectivity index (χ0v) is 10.6.